The van der Waals surface area contributed by atoms with Crippen molar-refractivity contribution in [3.63, 3.8) is 0 Å². The molecule has 1 aliphatic rings. The molecule has 1 atom stereocenters. The predicted octanol–water partition coefficient (Wildman–Crippen LogP) is 2.57. The van der Waals surface area contributed by atoms with Crippen LogP contribution in [0, 0.1) is 0 Å². The fraction of sp³-hybridized carbons (Fsp3) is 0.562. The molecule has 1 fully saturated rings. The third-order valence-electron chi connectivity index (χ3n) is 3.87. The number of rotatable bonds is 8. The fourth-order valence-corrected chi connectivity index (χ4v) is 2.70. The molecule has 4 nitrogen and oxygen atoms in total. The molecule has 1 unspecified atom stereocenters. The monoisotopic (exact) mass is 277 g/mol. The molecule has 4 heteroatoms. The van der Waals surface area contributed by atoms with Gasteiger partial charge in [-0.1, -0.05) is 18.2 Å². The number of methoxy groups -OCH3 is 1. The molecular weight excluding hydrogens is 254 g/mol. The van der Waals surface area contributed by atoms with E-state index in [1.54, 1.807) is 7.11 Å². The Labute approximate surface area is 120 Å². The molecule has 0 bridgehead atoms. The van der Waals surface area contributed by atoms with Crippen LogP contribution in [0.4, 0.5) is 0 Å². The summed E-state index contributed by atoms with van der Waals surface area (Å²) in [5.74, 6) is 0.188. The number of hydrogen-bond donors (Lipinski definition) is 1. The van der Waals surface area contributed by atoms with Crippen LogP contribution in [0.15, 0.2) is 24.3 Å². The van der Waals surface area contributed by atoms with Gasteiger partial charge in [0.1, 0.15) is 5.75 Å². The summed E-state index contributed by atoms with van der Waals surface area (Å²) >= 11 is 0. The van der Waals surface area contributed by atoms with Crippen LogP contribution in [0.5, 0.6) is 5.75 Å². The van der Waals surface area contributed by atoms with E-state index in [1.165, 1.54) is 18.4 Å². The van der Waals surface area contributed by atoms with Crippen molar-refractivity contribution in [2.75, 3.05) is 13.7 Å². The van der Waals surface area contributed by atoms with Crippen molar-refractivity contribution in [3.8, 4) is 5.75 Å². The Bertz CT molecular complexity index is 457. The Balaban J connectivity index is 2.00. The van der Waals surface area contributed by atoms with Crippen LogP contribution >= 0.6 is 0 Å². The van der Waals surface area contributed by atoms with Gasteiger partial charge < -0.3 is 9.84 Å². The van der Waals surface area contributed by atoms with Gasteiger partial charge in [0, 0.05) is 18.6 Å². The first kappa shape index (κ1) is 14.9. The Morgan fingerprint density at radius 3 is 2.75 bits per heavy atom. The zero-order valence-corrected chi connectivity index (χ0v) is 12.2. The second-order valence-corrected chi connectivity index (χ2v) is 5.48. The van der Waals surface area contributed by atoms with Gasteiger partial charge in [0.25, 0.3) is 0 Å². The Morgan fingerprint density at radius 2 is 2.15 bits per heavy atom. The topological polar surface area (TPSA) is 49.8 Å². The maximum Gasteiger partial charge on any atom is 0.304 e. The highest BCUT2D eigenvalue weighted by atomic mass is 16.5. The summed E-state index contributed by atoms with van der Waals surface area (Å²) in [4.78, 5) is 13.1. The van der Waals surface area contributed by atoms with E-state index in [4.69, 9.17) is 9.84 Å². The number of carboxylic acids is 1. The van der Waals surface area contributed by atoms with Gasteiger partial charge in [-0.3, -0.25) is 9.69 Å². The maximum atomic E-state index is 10.8. The number of hydrogen-bond acceptors (Lipinski definition) is 3. The first-order valence-corrected chi connectivity index (χ1v) is 7.21. The number of nitrogens with zero attached hydrogens (tertiary/aromatic N) is 1. The van der Waals surface area contributed by atoms with Crippen molar-refractivity contribution in [2.45, 2.75) is 44.7 Å². The van der Waals surface area contributed by atoms with Crippen molar-refractivity contribution < 1.29 is 14.6 Å². The van der Waals surface area contributed by atoms with E-state index < -0.39 is 5.97 Å². The first-order valence-electron chi connectivity index (χ1n) is 7.21. The SMILES string of the molecule is COc1ccccc1CC(C)N(CCC(=O)O)C1CC1. The number of ether oxygens (including phenoxy) is 1. The third kappa shape index (κ3) is 3.97. The van der Waals surface area contributed by atoms with E-state index in [0.717, 1.165) is 12.2 Å². The minimum Gasteiger partial charge on any atom is -0.496 e. The lowest BCUT2D eigenvalue weighted by molar-refractivity contribution is -0.137. The van der Waals surface area contributed by atoms with Crippen LogP contribution in [0.3, 0.4) is 0 Å². The molecule has 20 heavy (non-hydrogen) atoms. The molecule has 0 heterocycles. The highest BCUT2D eigenvalue weighted by Gasteiger charge is 2.32. The van der Waals surface area contributed by atoms with Crippen LogP contribution in [-0.2, 0) is 11.2 Å². The van der Waals surface area contributed by atoms with Crippen LogP contribution in [0.25, 0.3) is 0 Å². The molecule has 0 radical (unpaired) electrons. The molecule has 0 saturated heterocycles. The summed E-state index contributed by atoms with van der Waals surface area (Å²) in [5.41, 5.74) is 1.18. The normalized spacial score (nSPS) is 16.1. The van der Waals surface area contributed by atoms with E-state index in [2.05, 4.69) is 17.9 Å². The average Bonchev–Trinajstić information content (AvgIpc) is 3.24. The molecule has 2 rings (SSSR count). The summed E-state index contributed by atoms with van der Waals surface area (Å²) in [5, 5.41) is 8.87. The minimum atomic E-state index is -0.722. The second kappa shape index (κ2) is 6.75. The summed E-state index contributed by atoms with van der Waals surface area (Å²) in [6, 6.07) is 8.94. The lowest BCUT2D eigenvalue weighted by Crippen LogP contribution is -2.38. The largest absolute Gasteiger partial charge is 0.496 e. The lowest BCUT2D eigenvalue weighted by atomic mass is 10.0. The van der Waals surface area contributed by atoms with Gasteiger partial charge in [0.15, 0.2) is 0 Å². The fourth-order valence-electron chi connectivity index (χ4n) is 2.70. The van der Waals surface area contributed by atoms with Crippen LogP contribution < -0.4 is 4.74 Å². The molecule has 0 amide bonds. The van der Waals surface area contributed by atoms with Gasteiger partial charge >= 0.3 is 5.97 Å². The summed E-state index contributed by atoms with van der Waals surface area (Å²) in [7, 11) is 1.69. The van der Waals surface area contributed by atoms with E-state index in [-0.39, 0.29) is 6.42 Å². The highest BCUT2D eigenvalue weighted by molar-refractivity contribution is 5.66. The molecule has 0 spiro atoms. The van der Waals surface area contributed by atoms with E-state index >= 15 is 0 Å². The quantitative estimate of drug-likeness (QED) is 0.793. The Hall–Kier alpha value is -1.55. The maximum absolute atomic E-state index is 10.8. The van der Waals surface area contributed by atoms with Crippen LogP contribution in [0.2, 0.25) is 0 Å². The third-order valence-corrected chi connectivity index (χ3v) is 3.87. The second-order valence-electron chi connectivity index (χ2n) is 5.48. The minimum absolute atomic E-state index is 0.215. The molecule has 1 saturated carbocycles. The first-order chi connectivity index (χ1) is 9.61. The van der Waals surface area contributed by atoms with Gasteiger partial charge in [-0.2, -0.15) is 0 Å². The van der Waals surface area contributed by atoms with E-state index in [9.17, 15) is 4.79 Å². The summed E-state index contributed by atoms with van der Waals surface area (Å²) in [6.45, 7) is 2.81. The van der Waals surface area contributed by atoms with Crippen molar-refractivity contribution in [3.05, 3.63) is 29.8 Å². The van der Waals surface area contributed by atoms with Crippen LogP contribution in [0.1, 0.15) is 31.7 Å². The number of carboxylic acid groups (broad SMARTS) is 1. The zero-order valence-electron chi connectivity index (χ0n) is 12.2. The number of para-hydroxylation sites is 1. The molecule has 1 aromatic carbocycles. The summed E-state index contributed by atoms with van der Waals surface area (Å²) < 4.78 is 5.39. The van der Waals surface area contributed by atoms with Gasteiger partial charge in [-0.05, 0) is 37.8 Å². The van der Waals surface area contributed by atoms with E-state index in [1.807, 2.05) is 18.2 Å². The standard InChI is InChI=1S/C16H23NO3/c1-12(11-13-5-3-4-6-15(13)20-2)17(14-7-8-14)10-9-16(18)19/h3-6,12,14H,7-11H2,1-2H3,(H,18,19). The summed E-state index contributed by atoms with van der Waals surface area (Å²) in [6.07, 6.45) is 3.48. The lowest BCUT2D eigenvalue weighted by Gasteiger charge is -2.29. The molecule has 1 aliphatic carbocycles. The molecule has 0 aromatic heterocycles. The molecule has 1 N–H and O–H groups in total. The van der Waals surface area contributed by atoms with Crippen molar-refractivity contribution in [1.29, 1.82) is 0 Å². The molecular formula is C16H23NO3. The predicted molar refractivity (Wildman–Crippen MR) is 78.1 cm³/mol. The Morgan fingerprint density at radius 1 is 1.45 bits per heavy atom. The average molecular weight is 277 g/mol. The Kier molecular flexibility index (Phi) is 5.01. The highest BCUT2D eigenvalue weighted by Crippen LogP contribution is 2.30. The van der Waals surface area contributed by atoms with Crippen LogP contribution in [-0.4, -0.2) is 41.7 Å². The van der Waals surface area contributed by atoms with Gasteiger partial charge in [0.05, 0.1) is 13.5 Å². The number of aliphatic carboxylic acids is 1. The van der Waals surface area contributed by atoms with Crippen molar-refractivity contribution in [1.82, 2.24) is 4.90 Å². The van der Waals surface area contributed by atoms with Crippen molar-refractivity contribution >= 4 is 5.97 Å². The molecule has 0 aliphatic heterocycles. The number of carbonyl (C=O) groups is 1. The zero-order chi connectivity index (χ0) is 14.5. The van der Waals surface area contributed by atoms with Gasteiger partial charge in [-0.25, -0.2) is 0 Å². The van der Waals surface area contributed by atoms with Gasteiger partial charge in [-0.15, -0.1) is 0 Å². The number of benzene rings is 1. The van der Waals surface area contributed by atoms with E-state index in [0.29, 0.717) is 18.6 Å². The van der Waals surface area contributed by atoms with Crippen molar-refractivity contribution in [2.24, 2.45) is 0 Å². The smallest absolute Gasteiger partial charge is 0.304 e. The molecule has 1 aromatic rings. The van der Waals surface area contributed by atoms with Gasteiger partial charge in [0.2, 0.25) is 0 Å². The molecule has 110 valence electrons.